The molecule has 0 aliphatic carbocycles. The number of benzene rings is 1. The Kier molecular flexibility index (Phi) is 11.6. The summed E-state index contributed by atoms with van der Waals surface area (Å²) in [4.78, 5) is 14.4. The first kappa shape index (κ1) is 30.7. The molecule has 1 unspecified atom stereocenters. The van der Waals surface area contributed by atoms with E-state index in [-0.39, 0.29) is 23.2 Å². The molecule has 0 radical (unpaired) electrons. The zero-order chi connectivity index (χ0) is 26.9. The number of hydrogen-bond donors (Lipinski definition) is 0. The number of unbranched alkanes of at least 4 members (excludes halogenated alkanes) is 7. The lowest BCUT2D eigenvalue weighted by molar-refractivity contribution is -0.143. The van der Waals surface area contributed by atoms with Crippen molar-refractivity contribution in [3.8, 4) is 0 Å². The quantitative estimate of drug-likeness (QED) is 0.0841. The number of carbonyl (C=O) groups excluding carboxylic acids is 1. The van der Waals surface area contributed by atoms with Gasteiger partial charge in [-0.15, -0.1) is 11.8 Å². The van der Waals surface area contributed by atoms with Gasteiger partial charge in [0.05, 0.1) is 12.7 Å². The second-order valence-corrected chi connectivity index (χ2v) is 19.1. The molecule has 0 spiro atoms. The highest BCUT2D eigenvalue weighted by Gasteiger charge is 2.51. The topological polar surface area (TPSA) is 48.1 Å². The highest BCUT2D eigenvalue weighted by atomic mass is 32.2. The summed E-state index contributed by atoms with van der Waals surface area (Å²) in [6.07, 6.45) is 14.8. The third kappa shape index (κ3) is 10.0. The summed E-state index contributed by atoms with van der Waals surface area (Å²) in [6.45, 7) is 14.6. The Morgan fingerprint density at radius 3 is 2.16 bits per heavy atom. The lowest BCUT2D eigenvalue weighted by atomic mass is 9.94. The lowest BCUT2D eigenvalue weighted by Gasteiger charge is -2.41. The molecular formula is C31H52O4SSi. The molecule has 37 heavy (non-hydrogen) atoms. The molecule has 0 N–H and O–H groups in total. The zero-order valence-corrected chi connectivity index (χ0v) is 26.2. The van der Waals surface area contributed by atoms with Gasteiger partial charge in [0, 0.05) is 17.4 Å². The predicted octanol–water partition coefficient (Wildman–Crippen LogP) is 8.93. The van der Waals surface area contributed by atoms with E-state index in [9.17, 15) is 4.79 Å². The highest BCUT2D eigenvalue weighted by Crippen LogP contribution is 2.47. The van der Waals surface area contributed by atoms with E-state index in [1.54, 1.807) is 11.8 Å². The molecule has 2 aliphatic heterocycles. The first-order chi connectivity index (χ1) is 17.5. The van der Waals surface area contributed by atoms with Crippen molar-refractivity contribution in [1.29, 1.82) is 0 Å². The molecular weight excluding hydrogens is 496 g/mol. The molecule has 0 bridgehead atoms. The fourth-order valence-corrected chi connectivity index (χ4v) is 7.94. The van der Waals surface area contributed by atoms with E-state index in [0.29, 0.717) is 6.10 Å². The minimum absolute atomic E-state index is 0.0472. The van der Waals surface area contributed by atoms with Crippen LogP contribution in [0.5, 0.6) is 0 Å². The summed E-state index contributed by atoms with van der Waals surface area (Å²) in [5.74, 6) is -0.0640. The van der Waals surface area contributed by atoms with Crippen LogP contribution >= 0.6 is 11.8 Å². The van der Waals surface area contributed by atoms with E-state index in [0.717, 1.165) is 37.2 Å². The Hall–Kier alpha value is -0.823. The standard InChI is InChI=1S/C31H52O4SSi/c1-25-22-31(29(32)34-25,36-28-20-16-13-17-21-28)23-26(35-37(5,6)30(2,3)4)18-14-11-9-7-8-10-12-15-19-27-24-33-27/h13,16-17,20-21,25-27H,7-12,14-15,18-19,22-24H2,1-6H3/t25-,26+,27-,31?/m0/s1. The second-order valence-electron chi connectivity index (χ2n) is 12.9. The molecule has 0 amide bonds. The van der Waals surface area contributed by atoms with Crippen molar-refractivity contribution in [2.75, 3.05) is 6.61 Å². The minimum Gasteiger partial charge on any atom is -0.462 e. The van der Waals surface area contributed by atoms with Gasteiger partial charge < -0.3 is 13.9 Å². The van der Waals surface area contributed by atoms with Gasteiger partial charge in [-0.3, -0.25) is 4.79 Å². The van der Waals surface area contributed by atoms with Crippen LogP contribution < -0.4 is 0 Å². The number of esters is 1. The molecule has 1 aromatic carbocycles. The molecule has 4 nitrogen and oxygen atoms in total. The van der Waals surface area contributed by atoms with Crippen LogP contribution in [0.4, 0.5) is 0 Å². The fourth-order valence-electron chi connectivity index (χ4n) is 5.09. The third-order valence-corrected chi connectivity index (χ3v) is 14.3. The lowest BCUT2D eigenvalue weighted by Crippen LogP contribution is -2.46. The zero-order valence-electron chi connectivity index (χ0n) is 24.4. The summed E-state index contributed by atoms with van der Waals surface area (Å²) in [5, 5.41) is 0.139. The highest BCUT2D eigenvalue weighted by molar-refractivity contribution is 8.01. The van der Waals surface area contributed by atoms with Gasteiger partial charge in [-0.2, -0.15) is 0 Å². The largest absolute Gasteiger partial charge is 0.462 e. The SMILES string of the molecule is C[C@H]1CC(C[C@@H](CCCCCCCCCC[C@H]2CO2)O[Si](C)(C)C(C)(C)C)(Sc2ccccc2)C(=O)O1. The van der Waals surface area contributed by atoms with E-state index < -0.39 is 13.1 Å². The maximum atomic E-state index is 13.3. The van der Waals surface area contributed by atoms with Gasteiger partial charge in [-0.25, -0.2) is 0 Å². The molecule has 6 heteroatoms. The molecule has 0 saturated carbocycles. The van der Waals surface area contributed by atoms with Crippen LogP contribution in [0.3, 0.4) is 0 Å². The van der Waals surface area contributed by atoms with Crippen molar-refractivity contribution in [1.82, 2.24) is 0 Å². The monoisotopic (exact) mass is 548 g/mol. The Labute approximate surface area is 232 Å². The molecule has 2 aliphatic rings. The molecule has 1 aromatic rings. The van der Waals surface area contributed by atoms with E-state index in [1.165, 1.54) is 51.4 Å². The van der Waals surface area contributed by atoms with Crippen molar-refractivity contribution in [2.24, 2.45) is 0 Å². The number of epoxide rings is 1. The number of thioether (sulfide) groups is 1. The number of cyclic esters (lactones) is 1. The van der Waals surface area contributed by atoms with E-state index in [2.05, 4.69) is 46.0 Å². The minimum atomic E-state index is -1.97. The Morgan fingerprint density at radius 2 is 1.62 bits per heavy atom. The molecule has 210 valence electrons. The molecule has 4 atom stereocenters. The number of ether oxygens (including phenoxy) is 2. The number of carbonyl (C=O) groups is 1. The number of hydrogen-bond acceptors (Lipinski definition) is 5. The molecule has 2 heterocycles. The summed E-state index contributed by atoms with van der Waals surface area (Å²) in [6, 6.07) is 10.3. The van der Waals surface area contributed by atoms with Crippen LogP contribution in [0.1, 0.15) is 105 Å². The summed E-state index contributed by atoms with van der Waals surface area (Å²) in [5.41, 5.74) is 0. The van der Waals surface area contributed by atoms with E-state index in [4.69, 9.17) is 13.9 Å². The van der Waals surface area contributed by atoms with Crippen LogP contribution in [0.2, 0.25) is 18.1 Å². The van der Waals surface area contributed by atoms with Crippen molar-refractivity contribution in [3.05, 3.63) is 30.3 Å². The second kappa shape index (κ2) is 14.0. The number of rotatable bonds is 17. The van der Waals surface area contributed by atoms with Gasteiger partial charge >= 0.3 is 5.97 Å². The summed E-state index contributed by atoms with van der Waals surface area (Å²) in [7, 11) is -1.97. The average Bonchev–Trinajstić information content (AvgIpc) is 3.59. The average molecular weight is 549 g/mol. The molecule has 2 fully saturated rings. The summed E-state index contributed by atoms with van der Waals surface area (Å²) >= 11 is 1.69. The van der Waals surface area contributed by atoms with Gasteiger partial charge in [0.15, 0.2) is 8.32 Å². The van der Waals surface area contributed by atoms with Crippen LogP contribution in [0.25, 0.3) is 0 Å². The van der Waals surface area contributed by atoms with Crippen LogP contribution in [-0.4, -0.2) is 44.0 Å². The van der Waals surface area contributed by atoms with E-state index in [1.807, 2.05) is 25.1 Å². The van der Waals surface area contributed by atoms with Gasteiger partial charge in [-0.1, -0.05) is 90.3 Å². The van der Waals surface area contributed by atoms with Crippen molar-refractivity contribution >= 4 is 26.0 Å². The van der Waals surface area contributed by atoms with E-state index >= 15 is 0 Å². The fraction of sp³-hybridized carbons (Fsp3) is 0.774. The van der Waals surface area contributed by atoms with Crippen LogP contribution in [0.15, 0.2) is 35.2 Å². The van der Waals surface area contributed by atoms with Crippen LogP contribution in [0, 0.1) is 0 Å². The Balaban J connectivity index is 1.55. The van der Waals surface area contributed by atoms with Gasteiger partial charge in [-0.05, 0) is 56.5 Å². The Bertz CT molecular complexity index is 820. The first-order valence-corrected chi connectivity index (χ1v) is 18.5. The van der Waals surface area contributed by atoms with Crippen molar-refractivity contribution in [3.63, 3.8) is 0 Å². The third-order valence-electron chi connectivity index (χ3n) is 8.38. The first-order valence-electron chi connectivity index (χ1n) is 14.8. The molecule has 3 rings (SSSR count). The normalized spacial score (nSPS) is 24.8. The predicted molar refractivity (Wildman–Crippen MR) is 158 cm³/mol. The van der Waals surface area contributed by atoms with Gasteiger partial charge in [0.25, 0.3) is 0 Å². The smallest absolute Gasteiger partial charge is 0.323 e. The summed E-state index contributed by atoms with van der Waals surface area (Å²) < 4.78 is 17.5. The maximum Gasteiger partial charge on any atom is 0.323 e. The van der Waals surface area contributed by atoms with Gasteiger partial charge in [0.1, 0.15) is 10.9 Å². The van der Waals surface area contributed by atoms with Crippen molar-refractivity contribution in [2.45, 2.75) is 151 Å². The Morgan fingerprint density at radius 1 is 1.03 bits per heavy atom. The molecule has 2 saturated heterocycles. The maximum absolute atomic E-state index is 13.3. The van der Waals surface area contributed by atoms with Crippen LogP contribution in [-0.2, 0) is 18.7 Å². The van der Waals surface area contributed by atoms with Crippen molar-refractivity contribution < 1.29 is 18.7 Å². The van der Waals surface area contributed by atoms with Gasteiger partial charge in [0.2, 0.25) is 0 Å². The molecule has 0 aromatic heterocycles.